The van der Waals surface area contributed by atoms with Crippen molar-refractivity contribution in [3.05, 3.63) is 23.8 Å². The zero-order valence-corrected chi connectivity index (χ0v) is 10.2. The molecule has 5 nitrogen and oxygen atoms in total. The topological polar surface area (TPSA) is 78.8 Å². The summed E-state index contributed by atoms with van der Waals surface area (Å²) in [5.74, 6) is 0.387. The van der Waals surface area contributed by atoms with Crippen LogP contribution >= 0.6 is 0 Å². The predicted molar refractivity (Wildman–Crippen MR) is 63.2 cm³/mol. The van der Waals surface area contributed by atoms with Gasteiger partial charge >= 0.3 is 6.09 Å². The van der Waals surface area contributed by atoms with Gasteiger partial charge in [0.2, 0.25) is 0 Å². The van der Waals surface area contributed by atoms with Crippen molar-refractivity contribution >= 4 is 6.09 Å². The first-order valence-electron chi connectivity index (χ1n) is 5.25. The molecule has 1 amide bonds. The van der Waals surface area contributed by atoms with Crippen molar-refractivity contribution in [3.8, 4) is 11.5 Å². The van der Waals surface area contributed by atoms with Gasteiger partial charge in [0.15, 0.2) is 0 Å². The van der Waals surface area contributed by atoms with Crippen LogP contribution in [0.2, 0.25) is 0 Å². The number of phenols is 1. The number of rotatable bonds is 3. The van der Waals surface area contributed by atoms with Gasteiger partial charge < -0.3 is 20.3 Å². The van der Waals surface area contributed by atoms with E-state index < -0.39 is 11.7 Å². The van der Waals surface area contributed by atoms with Crippen LogP contribution in [-0.4, -0.2) is 29.0 Å². The van der Waals surface area contributed by atoms with Crippen LogP contribution in [0, 0.1) is 0 Å². The van der Waals surface area contributed by atoms with Gasteiger partial charge in [0.05, 0.1) is 5.60 Å². The molecule has 0 fully saturated rings. The molecule has 5 heteroatoms. The zero-order chi connectivity index (χ0) is 13.1. The Labute approximate surface area is 100 Å². The van der Waals surface area contributed by atoms with Gasteiger partial charge in [-0.25, -0.2) is 4.79 Å². The maximum Gasteiger partial charge on any atom is 0.412 e. The van der Waals surface area contributed by atoms with E-state index in [4.69, 9.17) is 4.74 Å². The molecule has 0 saturated heterocycles. The van der Waals surface area contributed by atoms with Crippen LogP contribution in [0.3, 0.4) is 0 Å². The van der Waals surface area contributed by atoms with E-state index in [-0.39, 0.29) is 12.2 Å². The molecule has 1 rings (SSSR count). The Balaban J connectivity index is 2.90. The van der Waals surface area contributed by atoms with Gasteiger partial charge in [-0.05, 0) is 32.0 Å². The van der Waals surface area contributed by atoms with Crippen molar-refractivity contribution in [2.45, 2.75) is 25.9 Å². The second kappa shape index (κ2) is 5.05. The van der Waals surface area contributed by atoms with Crippen LogP contribution < -0.4 is 10.1 Å². The molecule has 0 saturated carbocycles. The Morgan fingerprint density at radius 1 is 1.47 bits per heavy atom. The number of amides is 1. The van der Waals surface area contributed by atoms with Crippen LogP contribution in [0.4, 0.5) is 4.79 Å². The summed E-state index contributed by atoms with van der Waals surface area (Å²) in [5, 5.41) is 21.6. The normalized spacial score (nSPS) is 11.1. The van der Waals surface area contributed by atoms with Gasteiger partial charge in [-0.1, -0.05) is 0 Å². The van der Waals surface area contributed by atoms with Crippen molar-refractivity contribution in [2.75, 3.05) is 7.05 Å². The summed E-state index contributed by atoms with van der Waals surface area (Å²) in [6, 6.07) is 4.44. The predicted octanol–water partition coefficient (Wildman–Crippen LogP) is 1.42. The van der Waals surface area contributed by atoms with Gasteiger partial charge in [0, 0.05) is 19.0 Å². The summed E-state index contributed by atoms with van der Waals surface area (Å²) in [5.41, 5.74) is -0.415. The molecule has 0 unspecified atom stereocenters. The second-order valence-corrected chi connectivity index (χ2v) is 4.42. The van der Waals surface area contributed by atoms with Crippen LogP contribution in [0.1, 0.15) is 19.4 Å². The third kappa shape index (κ3) is 4.32. The molecule has 0 aromatic heterocycles. The smallest absolute Gasteiger partial charge is 0.412 e. The average Bonchev–Trinajstić information content (AvgIpc) is 2.21. The Morgan fingerprint density at radius 3 is 2.65 bits per heavy atom. The minimum atomic E-state index is -0.941. The average molecular weight is 239 g/mol. The SMILES string of the molecule is CNC(=O)Oc1ccc(O)c(CC(C)(C)O)c1. The summed E-state index contributed by atoms with van der Waals surface area (Å²) in [7, 11) is 1.46. The van der Waals surface area contributed by atoms with Gasteiger partial charge in [-0.15, -0.1) is 0 Å². The molecule has 0 bridgehead atoms. The molecule has 17 heavy (non-hydrogen) atoms. The number of carbonyl (C=O) groups excluding carboxylic acids is 1. The largest absolute Gasteiger partial charge is 0.508 e. The van der Waals surface area contributed by atoms with E-state index >= 15 is 0 Å². The van der Waals surface area contributed by atoms with Crippen LogP contribution in [0.25, 0.3) is 0 Å². The highest BCUT2D eigenvalue weighted by molar-refractivity contribution is 5.70. The van der Waals surface area contributed by atoms with Crippen molar-refractivity contribution in [1.82, 2.24) is 5.32 Å². The van der Waals surface area contributed by atoms with Gasteiger partial charge in [0.1, 0.15) is 11.5 Å². The van der Waals surface area contributed by atoms with Crippen LogP contribution in [0.5, 0.6) is 11.5 Å². The van der Waals surface area contributed by atoms with E-state index in [1.54, 1.807) is 13.8 Å². The Kier molecular flexibility index (Phi) is 3.96. The number of carbonyl (C=O) groups is 1. The second-order valence-electron chi connectivity index (χ2n) is 4.42. The highest BCUT2D eigenvalue weighted by Crippen LogP contribution is 2.26. The number of nitrogens with one attached hydrogen (secondary N) is 1. The quantitative estimate of drug-likeness (QED) is 0.745. The fourth-order valence-electron chi connectivity index (χ4n) is 1.39. The minimum absolute atomic E-state index is 0.0661. The van der Waals surface area contributed by atoms with Crippen LogP contribution in [0.15, 0.2) is 18.2 Å². The Bertz CT molecular complexity index is 409. The third-order valence-corrected chi connectivity index (χ3v) is 2.09. The minimum Gasteiger partial charge on any atom is -0.508 e. The summed E-state index contributed by atoms with van der Waals surface area (Å²) in [6.07, 6.45) is -0.311. The number of hydrogen-bond donors (Lipinski definition) is 3. The molecule has 0 aliphatic rings. The highest BCUT2D eigenvalue weighted by atomic mass is 16.5. The first-order chi connectivity index (χ1) is 7.81. The molecule has 0 heterocycles. The Morgan fingerprint density at radius 2 is 2.12 bits per heavy atom. The number of aliphatic hydroxyl groups is 1. The van der Waals surface area contributed by atoms with Gasteiger partial charge in [0.25, 0.3) is 0 Å². The van der Waals surface area contributed by atoms with E-state index in [0.717, 1.165) is 0 Å². The molecular formula is C12H17NO4. The van der Waals surface area contributed by atoms with E-state index in [2.05, 4.69) is 5.32 Å². The molecular weight excluding hydrogens is 222 g/mol. The first-order valence-corrected chi connectivity index (χ1v) is 5.25. The molecule has 3 N–H and O–H groups in total. The van der Waals surface area contributed by atoms with E-state index in [0.29, 0.717) is 11.3 Å². The Hall–Kier alpha value is -1.75. The summed E-state index contributed by atoms with van der Waals surface area (Å²) < 4.78 is 4.93. The van der Waals surface area contributed by atoms with Gasteiger partial charge in [-0.2, -0.15) is 0 Å². The molecule has 0 aliphatic carbocycles. The number of benzene rings is 1. The van der Waals surface area contributed by atoms with Gasteiger partial charge in [-0.3, -0.25) is 0 Å². The number of aromatic hydroxyl groups is 1. The molecule has 1 aromatic rings. The lowest BCUT2D eigenvalue weighted by atomic mass is 9.98. The van der Waals surface area contributed by atoms with Crippen molar-refractivity contribution in [1.29, 1.82) is 0 Å². The summed E-state index contributed by atoms with van der Waals surface area (Å²) in [6.45, 7) is 3.28. The zero-order valence-electron chi connectivity index (χ0n) is 10.2. The molecule has 0 aliphatic heterocycles. The van der Waals surface area contributed by atoms with Crippen molar-refractivity contribution < 1.29 is 19.7 Å². The first kappa shape index (κ1) is 13.3. The molecule has 0 spiro atoms. The van der Waals surface area contributed by atoms with E-state index in [1.807, 2.05) is 0 Å². The van der Waals surface area contributed by atoms with Crippen molar-refractivity contribution in [2.24, 2.45) is 0 Å². The van der Waals surface area contributed by atoms with E-state index in [1.165, 1.54) is 25.2 Å². The number of hydrogen-bond acceptors (Lipinski definition) is 4. The molecule has 1 aromatic carbocycles. The lowest BCUT2D eigenvalue weighted by Crippen LogP contribution is -2.23. The third-order valence-electron chi connectivity index (χ3n) is 2.09. The molecule has 94 valence electrons. The summed E-state index contributed by atoms with van der Waals surface area (Å²) in [4.78, 5) is 11.0. The maximum atomic E-state index is 11.0. The number of ether oxygens (including phenoxy) is 1. The molecule has 0 radical (unpaired) electrons. The standard InChI is InChI=1S/C12H17NO4/c1-12(2,16)7-8-6-9(4-5-10(8)14)17-11(15)13-3/h4-6,14,16H,7H2,1-3H3,(H,13,15). The fourth-order valence-corrected chi connectivity index (χ4v) is 1.39. The molecule has 0 atom stereocenters. The lowest BCUT2D eigenvalue weighted by Gasteiger charge is -2.18. The lowest BCUT2D eigenvalue weighted by molar-refractivity contribution is 0.0802. The maximum absolute atomic E-state index is 11.0. The number of phenolic OH excluding ortho intramolecular Hbond substituents is 1. The monoisotopic (exact) mass is 239 g/mol. The van der Waals surface area contributed by atoms with E-state index in [9.17, 15) is 15.0 Å². The fraction of sp³-hybridized carbons (Fsp3) is 0.417. The highest BCUT2D eigenvalue weighted by Gasteiger charge is 2.17. The summed E-state index contributed by atoms with van der Waals surface area (Å²) >= 11 is 0. The van der Waals surface area contributed by atoms with Crippen LogP contribution in [-0.2, 0) is 6.42 Å². The van der Waals surface area contributed by atoms with Crippen molar-refractivity contribution in [3.63, 3.8) is 0 Å².